The van der Waals surface area contributed by atoms with Crippen molar-refractivity contribution >= 4 is 23.6 Å². The molecular weight excluding hydrogens is 451 g/mol. The Kier molecular flexibility index (Phi) is 7.79. The molecule has 186 valence electrons. The van der Waals surface area contributed by atoms with Crippen LogP contribution in [0, 0.1) is 23.1 Å². The third kappa shape index (κ3) is 6.06. The number of anilines is 1. The van der Waals surface area contributed by atoms with Gasteiger partial charge < -0.3 is 20.3 Å². The summed E-state index contributed by atoms with van der Waals surface area (Å²) in [5.74, 6) is 0.190. The molecule has 2 aromatic rings. The molecular formula is C25H31FN6O3. The molecule has 2 fully saturated rings. The number of hydrogen-bond donors (Lipinski definition) is 3. The van der Waals surface area contributed by atoms with Gasteiger partial charge in [-0.3, -0.25) is 20.5 Å². The zero-order valence-electron chi connectivity index (χ0n) is 19.6. The Balaban J connectivity index is 1.27. The number of rotatable bonds is 5. The number of amides is 2. The van der Waals surface area contributed by atoms with Gasteiger partial charge >= 0.3 is 6.09 Å². The number of alkyl carbamates (subject to hydrolysis) is 1. The molecule has 3 heterocycles. The third-order valence-corrected chi connectivity index (χ3v) is 6.91. The molecule has 0 unspecified atom stereocenters. The Hall–Kier alpha value is -3.69. The van der Waals surface area contributed by atoms with Gasteiger partial charge in [0, 0.05) is 37.9 Å². The highest BCUT2D eigenvalue weighted by Gasteiger charge is 2.32. The Morgan fingerprint density at radius 1 is 1.06 bits per heavy atom. The fourth-order valence-corrected chi connectivity index (χ4v) is 5.05. The molecule has 2 amide bonds. The number of aromatic nitrogens is 1. The van der Waals surface area contributed by atoms with Crippen molar-refractivity contribution in [1.29, 1.82) is 5.41 Å². The van der Waals surface area contributed by atoms with Crippen LogP contribution >= 0.6 is 0 Å². The molecule has 0 saturated carbocycles. The van der Waals surface area contributed by atoms with Gasteiger partial charge in [0.2, 0.25) is 0 Å². The van der Waals surface area contributed by atoms with Crippen molar-refractivity contribution in [3.05, 3.63) is 59.7 Å². The molecule has 4 N–H and O–H groups in total. The van der Waals surface area contributed by atoms with Crippen molar-refractivity contribution in [3.8, 4) is 0 Å². The lowest BCUT2D eigenvalue weighted by Crippen LogP contribution is -2.43. The highest BCUT2D eigenvalue weighted by Crippen LogP contribution is 2.35. The van der Waals surface area contributed by atoms with E-state index in [1.165, 1.54) is 0 Å². The van der Waals surface area contributed by atoms with E-state index in [-0.39, 0.29) is 18.1 Å². The number of piperidine rings is 2. The maximum Gasteiger partial charge on any atom is 0.414 e. The van der Waals surface area contributed by atoms with Gasteiger partial charge in [0.15, 0.2) is 11.8 Å². The third-order valence-electron chi connectivity index (χ3n) is 6.91. The van der Waals surface area contributed by atoms with E-state index >= 15 is 4.39 Å². The normalized spacial score (nSPS) is 17.2. The first-order chi connectivity index (χ1) is 16.9. The van der Waals surface area contributed by atoms with Crippen LogP contribution in [-0.2, 0) is 11.3 Å². The van der Waals surface area contributed by atoms with Gasteiger partial charge in [-0.2, -0.15) is 0 Å². The smallest absolute Gasteiger partial charge is 0.414 e. The average molecular weight is 483 g/mol. The first-order valence-corrected chi connectivity index (χ1v) is 11.9. The van der Waals surface area contributed by atoms with Crippen molar-refractivity contribution in [2.24, 2.45) is 17.6 Å². The molecule has 4 rings (SSSR count). The summed E-state index contributed by atoms with van der Waals surface area (Å²) < 4.78 is 20.1. The molecule has 0 bridgehead atoms. The maximum absolute atomic E-state index is 15.1. The molecule has 0 spiro atoms. The number of carbonyl (C=O) groups is 2. The van der Waals surface area contributed by atoms with Crippen molar-refractivity contribution in [2.75, 3.05) is 31.1 Å². The van der Waals surface area contributed by atoms with Gasteiger partial charge in [-0.1, -0.05) is 18.2 Å². The molecule has 10 heteroatoms. The van der Waals surface area contributed by atoms with Crippen LogP contribution in [0.4, 0.5) is 14.9 Å². The lowest BCUT2D eigenvalue weighted by molar-refractivity contribution is 0.0640. The van der Waals surface area contributed by atoms with E-state index in [4.69, 9.17) is 15.9 Å². The second-order valence-corrected chi connectivity index (χ2v) is 9.03. The minimum absolute atomic E-state index is 0.00280. The van der Waals surface area contributed by atoms with E-state index in [9.17, 15) is 9.59 Å². The second kappa shape index (κ2) is 11.2. The SMILES string of the molecule is N=C(N)NC(=O)OCc1cccc(N2CCC(C3CCN(C(=O)c4ccccn4)CC3)CC2)c1F. The van der Waals surface area contributed by atoms with Crippen LogP contribution in [0.5, 0.6) is 0 Å². The number of nitrogens with two attached hydrogens (primary N) is 1. The number of hydrogen-bond acceptors (Lipinski definition) is 6. The van der Waals surface area contributed by atoms with Gasteiger partial charge in [-0.25, -0.2) is 9.18 Å². The summed E-state index contributed by atoms with van der Waals surface area (Å²) in [6, 6.07) is 10.5. The van der Waals surface area contributed by atoms with Crippen LogP contribution in [0.2, 0.25) is 0 Å². The molecule has 1 aromatic heterocycles. The number of ether oxygens (including phenoxy) is 1. The molecule has 9 nitrogen and oxygen atoms in total. The van der Waals surface area contributed by atoms with E-state index in [2.05, 4.69) is 4.98 Å². The largest absolute Gasteiger partial charge is 0.444 e. The summed E-state index contributed by atoms with van der Waals surface area (Å²) in [5.41, 5.74) is 6.37. The second-order valence-electron chi connectivity index (χ2n) is 9.03. The van der Waals surface area contributed by atoms with Crippen molar-refractivity contribution < 1.29 is 18.7 Å². The van der Waals surface area contributed by atoms with Crippen molar-refractivity contribution in [1.82, 2.24) is 15.2 Å². The quantitative estimate of drug-likeness (QED) is 0.444. The van der Waals surface area contributed by atoms with E-state index < -0.39 is 17.9 Å². The number of carbonyl (C=O) groups excluding carboxylic acids is 2. The van der Waals surface area contributed by atoms with Crippen LogP contribution in [0.25, 0.3) is 0 Å². The van der Waals surface area contributed by atoms with Gasteiger partial charge in [-0.15, -0.1) is 0 Å². The highest BCUT2D eigenvalue weighted by atomic mass is 19.1. The molecule has 0 atom stereocenters. The summed E-state index contributed by atoms with van der Waals surface area (Å²) >= 11 is 0. The molecule has 0 radical (unpaired) electrons. The summed E-state index contributed by atoms with van der Waals surface area (Å²) in [5, 5.41) is 9.04. The van der Waals surface area contributed by atoms with E-state index in [1.54, 1.807) is 36.5 Å². The van der Waals surface area contributed by atoms with E-state index in [0.717, 1.165) is 51.9 Å². The minimum Gasteiger partial charge on any atom is -0.444 e. The number of nitrogens with one attached hydrogen (secondary N) is 2. The molecule has 35 heavy (non-hydrogen) atoms. The number of nitrogens with zero attached hydrogens (tertiary/aromatic N) is 3. The van der Waals surface area contributed by atoms with Crippen LogP contribution < -0.4 is 16.0 Å². The summed E-state index contributed by atoms with van der Waals surface area (Å²) in [4.78, 5) is 32.3. The monoisotopic (exact) mass is 482 g/mol. The standard InChI is InChI=1S/C25H31FN6O3/c26-22-19(16-35-25(34)30-24(27)28)4-3-6-21(22)31-12-7-17(8-13-31)18-9-14-32(15-10-18)23(33)20-5-1-2-11-29-20/h1-6,11,17-18H,7-10,12-16H2,(H4,27,28,30,34). The fourth-order valence-electron chi connectivity index (χ4n) is 5.05. The first-order valence-electron chi connectivity index (χ1n) is 11.9. The minimum atomic E-state index is -0.893. The van der Waals surface area contributed by atoms with E-state index in [0.29, 0.717) is 23.2 Å². The number of pyridine rings is 1. The first kappa shape index (κ1) is 24.4. The molecule has 2 aliphatic rings. The van der Waals surface area contributed by atoms with Gasteiger partial charge in [0.1, 0.15) is 12.3 Å². The lowest BCUT2D eigenvalue weighted by atomic mass is 9.78. The predicted molar refractivity (Wildman–Crippen MR) is 129 cm³/mol. The maximum atomic E-state index is 15.1. The van der Waals surface area contributed by atoms with Crippen LogP contribution in [0.1, 0.15) is 41.7 Å². The fraction of sp³-hybridized carbons (Fsp3) is 0.440. The van der Waals surface area contributed by atoms with E-state index in [1.807, 2.05) is 21.2 Å². The Labute approximate surface area is 204 Å². The van der Waals surface area contributed by atoms with Crippen molar-refractivity contribution in [3.63, 3.8) is 0 Å². The number of guanidine groups is 1. The molecule has 2 saturated heterocycles. The zero-order chi connectivity index (χ0) is 24.8. The van der Waals surface area contributed by atoms with Gasteiger partial charge in [0.05, 0.1) is 5.69 Å². The van der Waals surface area contributed by atoms with Crippen LogP contribution in [-0.4, -0.2) is 54.0 Å². The average Bonchev–Trinajstić information content (AvgIpc) is 2.88. The highest BCUT2D eigenvalue weighted by molar-refractivity contribution is 5.92. The number of benzene rings is 1. The molecule has 1 aromatic carbocycles. The lowest BCUT2D eigenvalue weighted by Gasteiger charge is -2.41. The van der Waals surface area contributed by atoms with Gasteiger partial charge in [0.25, 0.3) is 5.91 Å². The van der Waals surface area contributed by atoms with Crippen LogP contribution in [0.15, 0.2) is 42.6 Å². The van der Waals surface area contributed by atoms with Gasteiger partial charge in [-0.05, 0) is 55.7 Å². The zero-order valence-corrected chi connectivity index (χ0v) is 19.6. The Morgan fingerprint density at radius 2 is 1.74 bits per heavy atom. The number of likely N-dealkylation sites (tertiary alicyclic amines) is 1. The number of halogens is 1. The van der Waals surface area contributed by atoms with Crippen LogP contribution in [0.3, 0.4) is 0 Å². The Bertz CT molecular complexity index is 1050. The topological polar surface area (TPSA) is 125 Å². The summed E-state index contributed by atoms with van der Waals surface area (Å²) in [7, 11) is 0. The molecule has 0 aliphatic carbocycles. The molecule has 2 aliphatic heterocycles. The van der Waals surface area contributed by atoms with Crippen molar-refractivity contribution in [2.45, 2.75) is 32.3 Å². The summed E-state index contributed by atoms with van der Waals surface area (Å²) in [6.07, 6.45) is 4.65. The Morgan fingerprint density at radius 3 is 2.37 bits per heavy atom. The predicted octanol–water partition coefficient (Wildman–Crippen LogP) is 3.11. The summed E-state index contributed by atoms with van der Waals surface area (Å²) in [6.45, 7) is 2.75.